The molecule has 1 saturated heterocycles. The summed E-state index contributed by atoms with van der Waals surface area (Å²) in [5.41, 5.74) is 0. The number of carbonyl (C=O) groups excluding carboxylic acids is 1. The molecule has 1 aliphatic rings. The highest BCUT2D eigenvalue weighted by Gasteiger charge is 2.36. The molecule has 0 amide bonds. The van der Waals surface area contributed by atoms with Crippen LogP contribution in [0.1, 0.15) is 0 Å². The molecule has 3 atom stereocenters. The van der Waals surface area contributed by atoms with Crippen molar-refractivity contribution in [2.45, 2.75) is 18.3 Å². The van der Waals surface area contributed by atoms with Crippen LogP contribution in [0.25, 0.3) is 0 Å². The standard InChI is InChI=1S/C6H10O5/c7-1-4-6(10)5(9)3(8)2-11-4/h3-4,6-8,10H,1-2H2/t3-,4+,6+/m1/s1. The van der Waals surface area contributed by atoms with Gasteiger partial charge in [0.15, 0.2) is 5.78 Å². The summed E-state index contributed by atoms with van der Waals surface area (Å²) in [7, 11) is 0. The van der Waals surface area contributed by atoms with E-state index in [2.05, 4.69) is 0 Å². The molecule has 1 heterocycles. The third-order valence-corrected chi connectivity index (χ3v) is 1.62. The van der Waals surface area contributed by atoms with Gasteiger partial charge in [-0.1, -0.05) is 0 Å². The number of rotatable bonds is 1. The van der Waals surface area contributed by atoms with Gasteiger partial charge in [0.05, 0.1) is 13.2 Å². The number of ether oxygens (including phenoxy) is 1. The van der Waals surface area contributed by atoms with E-state index in [-0.39, 0.29) is 6.61 Å². The molecular weight excluding hydrogens is 152 g/mol. The Kier molecular flexibility index (Phi) is 2.56. The Bertz CT molecular complexity index is 157. The third kappa shape index (κ3) is 1.57. The maximum Gasteiger partial charge on any atom is 0.194 e. The largest absolute Gasteiger partial charge is 0.394 e. The van der Waals surface area contributed by atoms with Crippen molar-refractivity contribution in [3.05, 3.63) is 0 Å². The molecule has 0 aromatic carbocycles. The van der Waals surface area contributed by atoms with Crippen molar-refractivity contribution >= 4 is 5.78 Å². The van der Waals surface area contributed by atoms with E-state index in [1.807, 2.05) is 0 Å². The van der Waals surface area contributed by atoms with Crippen LogP contribution in [0.15, 0.2) is 0 Å². The number of aliphatic hydroxyl groups excluding tert-OH is 3. The molecule has 5 heteroatoms. The van der Waals surface area contributed by atoms with Gasteiger partial charge in [-0.15, -0.1) is 0 Å². The van der Waals surface area contributed by atoms with Gasteiger partial charge in [-0.3, -0.25) is 4.79 Å². The average Bonchev–Trinajstić information content (AvgIpc) is 2.01. The summed E-state index contributed by atoms with van der Waals surface area (Å²) in [5, 5.41) is 26.4. The monoisotopic (exact) mass is 162 g/mol. The first-order valence-corrected chi connectivity index (χ1v) is 3.29. The van der Waals surface area contributed by atoms with Crippen LogP contribution >= 0.6 is 0 Å². The summed E-state index contributed by atoms with van der Waals surface area (Å²) in [6.07, 6.45) is -3.54. The fourth-order valence-corrected chi connectivity index (χ4v) is 0.921. The molecule has 1 fully saturated rings. The van der Waals surface area contributed by atoms with Crippen molar-refractivity contribution in [3.8, 4) is 0 Å². The first-order valence-electron chi connectivity index (χ1n) is 3.29. The molecule has 1 rings (SSSR count). The summed E-state index contributed by atoms with van der Waals surface area (Å²) in [6, 6.07) is 0. The molecular formula is C6H10O5. The van der Waals surface area contributed by atoms with Crippen LogP contribution in [-0.2, 0) is 9.53 Å². The van der Waals surface area contributed by atoms with Crippen LogP contribution < -0.4 is 0 Å². The highest BCUT2D eigenvalue weighted by molar-refractivity contribution is 5.88. The second-order valence-corrected chi connectivity index (χ2v) is 2.42. The van der Waals surface area contributed by atoms with E-state index in [1.54, 1.807) is 0 Å². The lowest BCUT2D eigenvalue weighted by Crippen LogP contribution is -2.51. The molecule has 0 saturated carbocycles. The molecule has 0 radical (unpaired) electrons. The van der Waals surface area contributed by atoms with Crippen LogP contribution in [0, 0.1) is 0 Å². The number of ketones is 1. The Morgan fingerprint density at radius 3 is 2.73 bits per heavy atom. The fourth-order valence-electron chi connectivity index (χ4n) is 0.921. The first-order chi connectivity index (χ1) is 5.16. The van der Waals surface area contributed by atoms with E-state index in [9.17, 15) is 4.79 Å². The number of aliphatic hydroxyl groups is 3. The van der Waals surface area contributed by atoms with Crippen LogP contribution in [0.3, 0.4) is 0 Å². The molecule has 11 heavy (non-hydrogen) atoms. The lowest BCUT2D eigenvalue weighted by atomic mass is 10.0. The fraction of sp³-hybridized carbons (Fsp3) is 0.833. The highest BCUT2D eigenvalue weighted by Crippen LogP contribution is 2.10. The number of Topliss-reactive ketones (excluding diaryl/α,β-unsaturated/α-hetero) is 1. The predicted molar refractivity (Wildman–Crippen MR) is 33.8 cm³/mol. The zero-order chi connectivity index (χ0) is 8.43. The normalized spacial score (nSPS) is 39.2. The number of carbonyl (C=O) groups is 1. The van der Waals surface area contributed by atoms with Crippen molar-refractivity contribution in [2.75, 3.05) is 13.2 Å². The average molecular weight is 162 g/mol. The summed E-state index contributed by atoms with van der Waals surface area (Å²) in [4.78, 5) is 10.8. The van der Waals surface area contributed by atoms with Crippen LogP contribution in [-0.4, -0.2) is 52.6 Å². The highest BCUT2D eigenvalue weighted by atomic mass is 16.5. The van der Waals surface area contributed by atoms with Gasteiger partial charge < -0.3 is 20.1 Å². The first kappa shape index (κ1) is 8.61. The minimum absolute atomic E-state index is 0.152. The molecule has 64 valence electrons. The Hall–Kier alpha value is -0.490. The minimum Gasteiger partial charge on any atom is -0.394 e. The van der Waals surface area contributed by atoms with Crippen molar-refractivity contribution < 1.29 is 24.9 Å². The van der Waals surface area contributed by atoms with Crippen molar-refractivity contribution in [1.82, 2.24) is 0 Å². The Labute approximate surface area is 63.2 Å². The van der Waals surface area contributed by atoms with Gasteiger partial charge in [0, 0.05) is 0 Å². The van der Waals surface area contributed by atoms with E-state index < -0.39 is 30.7 Å². The summed E-state index contributed by atoms with van der Waals surface area (Å²) < 4.78 is 4.75. The van der Waals surface area contributed by atoms with Gasteiger partial charge >= 0.3 is 0 Å². The minimum atomic E-state index is -1.40. The van der Waals surface area contributed by atoms with Gasteiger partial charge in [0.2, 0.25) is 0 Å². The maximum absolute atomic E-state index is 10.8. The van der Waals surface area contributed by atoms with E-state index >= 15 is 0 Å². The molecule has 0 unspecified atom stereocenters. The van der Waals surface area contributed by atoms with Gasteiger partial charge in [0.1, 0.15) is 18.3 Å². The van der Waals surface area contributed by atoms with Gasteiger partial charge in [-0.2, -0.15) is 0 Å². The van der Waals surface area contributed by atoms with Crippen molar-refractivity contribution in [2.24, 2.45) is 0 Å². The molecule has 3 N–H and O–H groups in total. The topological polar surface area (TPSA) is 87.0 Å². The molecule has 0 aromatic heterocycles. The summed E-state index contributed by atoms with van der Waals surface area (Å²) in [6.45, 7) is -0.569. The van der Waals surface area contributed by atoms with Crippen LogP contribution in [0.2, 0.25) is 0 Å². The maximum atomic E-state index is 10.8. The van der Waals surface area contributed by atoms with Crippen molar-refractivity contribution in [3.63, 3.8) is 0 Å². The number of hydrogen-bond donors (Lipinski definition) is 3. The van der Waals surface area contributed by atoms with Gasteiger partial charge in [-0.05, 0) is 0 Å². The van der Waals surface area contributed by atoms with Gasteiger partial charge in [-0.25, -0.2) is 0 Å². The third-order valence-electron chi connectivity index (χ3n) is 1.62. The smallest absolute Gasteiger partial charge is 0.194 e. The predicted octanol–water partition coefficient (Wildman–Crippen LogP) is -2.33. The van der Waals surface area contributed by atoms with E-state index in [0.29, 0.717) is 0 Å². The Morgan fingerprint density at radius 1 is 1.55 bits per heavy atom. The quantitative estimate of drug-likeness (QED) is 0.402. The Balaban J connectivity index is 2.59. The lowest BCUT2D eigenvalue weighted by Gasteiger charge is -2.28. The molecule has 0 spiro atoms. The molecule has 0 aromatic rings. The molecule has 5 nitrogen and oxygen atoms in total. The molecule has 1 aliphatic heterocycles. The van der Waals surface area contributed by atoms with Crippen molar-refractivity contribution in [1.29, 1.82) is 0 Å². The second kappa shape index (κ2) is 3.27. The summed E-state index contributed by atoms with van der Waals surface area (Å²) in [5.74, 6) is -0.685. The number of hydrogen-bond acceptors (Lipinski definition) is 5. The Morgan fingerprint density at radius 2 is 2.18 bits per heavy atom. The zero-order valence-electron chi connectivity index (χ0n) is 5.80. The van der Waals surface area contributed by atoms with Crippen LogP contribution in [0.4, 0.5) is 0 Å². The second-order valence-electron chi connectivity index (χ2n) is 2.42. The summed E-state index contributed by atoms with van der Waals surface area (Å²) >= 11 is 0. The lowest BCUT2D eigenvalue weighted by molar-refractivity contribution is -0.168. The van der Waals surface area contributed by atoms with E-state index in [4.69, 9.17) is 20.1 Å². The zero-order valence-corrected chi connectivity index (χ0v) is 5.80. The molecule has 0 aliphatic carbocycles. The van der Waals surface area contributed by atoms with Gasteiger partial charge in [0.25, 0.3) is 0 Å². The van der Waals surface area contributed by atoms with E-state index in [0.717, 1.165) is 0 Å². The SMILES string of the molecule is O=C1[C@H](O)CO[C@@H](CO)[C@@H]1O. The van der Waals surface area contributed by atoms with E-state index in [1.165, 1.54) is 0 Å². The molecule has 0 bridgehead atoms. The van der Waals surface area contributed by atoms with Crippen LogP contribution in [0.5, 0.6) is 0 Å².